The molecule has 0 atom stereocenters. The molecule has 1 aromatic carbocycles. The van der Waals surface area contributed by atoms with Gasteiger partial charge in [-0.2, -0.15) is 0 Å². The molecule has 0 bridgehead atoms. The maximum absolute atomic E-state index is 12.4. The summed E-state index contributed by atoms with van der Waals surface area (Å²) >= 11 is 6.35. The van der Waals surface area contributed by atoms with E-state index in [0.29, 0.717) is 33.6 Å². The van der Waals surface area contributed by atoms with Crippen LogP contribution >= 0.6 is 24.0 Å². The van der Waals surface area contributed by atoms with Crippen LogP contribution in [0.25, 0.3) is 6.08 Å². The van der Waals surface area contributed by atoms with Crippen molar-refractivity contribution in [1.29, 1.82) is 0 Å². The van der Waals surface area contributed by atoms with Gasteiger partial charge in [-0.15, -0.1) is 0 Å². The van der Waals surface area contributed by atoms with Gasteiger partial charge in [-0.3, -0.25) is 14.5 Å². The lowest BCUT2D eigenvalue weighted by atomic mass is 10.2. The monoisotopic (exact) mass is 367 g/mol. The first-order valence-electron chi connectivity index (χ1n) is 7.35. The van der Waals surface area contributed by atoms with Gasteiger partial charge in [0.2, 0.25) is 0 Å². The Kier molecular flexibility index (Phi) is 6.22. The summed E-state index contributed by atoms with van der Waals surface area (Å²) in [7, 11) is 0. The van der Waals surface area contributed by atoms with Crippen molar-refractivity contribution in [3.63, 3.8) is 0 Å². The number of aromatic hydroxyl groups is 1. The first-order chi connectivity index (χ1) is 11.4. The number of carbonyl (C=O) groups excluding carboxylic acids is 1. The highest BCUT2D eigenvalue weighted by atomic mass is 32.2. The third-order valence-electron chi connectivity index (χ3n) is 3.23. The second kappa shape index (κ2) is 8.16. The molecule has 6 nitrogen and oxygen atoms in total. The van der Waals surface area contributed by atoms with Crippen LogP contribution in [0.2, 0.25) is 0 Å². The summed E-state index contributed by atoms with van der Waals surface area (Å²) in [5, 5.41) is 18.6. The molecule has 0 unspecified atom stereocenters. The van der Waals surface area contributed by atoms with Gasteiger partial charge < -0.3 is 14.9 Å². The number of hydrogen-bond acceptors (Lipinski definition) is 6. The second-order valence-electron chi connectivity index (χ2n) is 4.99. The van der Waals surface area contributed by atoms with E-state index in [0.717, 1.165) is 11.8 Å². The Morgan fingerprint density at radius 3 is 2.83 bits per heavy atom. The summed E-state index contributed by atoms with van der Waals surface area (Å²) in [6.45, 7) is 2.55. The Labute approximate surface area is 149 Å². The van der Waals surface area contributed by atoms with E-state index < -0.39 is 5.97 Å². The number of thiocarbonyl (C=S) groups is 1. The van der Waals surface area contributed by atoms with Crippen molar-refractivity contribution in [2.24, 2.45) is 0 Å². The van der Waals surface area contributed by atoms with Crippen LogP contribution in [-0.2, 0) is 9.59 Å². The summed E-state index contributed by atoms with van der Waals surface area (Å²) in [5.41, 5.74) is 0.655. The van der Waals surface area contributed by atoms with Crippen LogP contribution in [0.4, 0.5) is 0 Å². The van der Waals surface area contributed by atoms with Gasteiger partial charge in [-0.05, 0) is 37.1 Å². The highest BCUT2D eigenvalue weighted by molar-refractivity contribution is 8.26. The van der Waals surface area contributed by atoms with Crippen molar-refractivity contribution in [3.8, 4) is 11.5 Å². The lowest BCUT2D eigenvalue weighted by Crippen LogP contribution is -2.29. The number of ether oxygens (including phenoxy) is 1. The van der Waals surface area contributed by atoms with E-state index in [1.807, 2.05) is 6.92 Å². The fourth-order valence-corrected chi connectivity index (χ4v) is 3.44. The maximum Gasteiger partial charge on any atom is 0.303 e. The zero-order valence-corrected chi connectivity index (χ0v) is 14.7. The predicted molar refractivity (Wildman–Crippen MR) is 96.0 cm³/mol. The standard InChI is InChI=1S/C16H17NO5S2/c1-2-22-12-6-5-10(8-11(12)18)9-13-15(21)17(16(23)24-13)7-3-4-14(19)20/h5-6,8-9,18H,2-4,7H2,1H3,(H,19,20). The molecule has 1 saturated heterocycles. The number of carboxylic acid groups (broad SMARTS) is 1. The zero-order valence-electron chi connectivity index (χ0n) is 13.0. The summed E-state index contributed by atoms with van der Waals surface area (Å²) < 4.78 is 5.67. The number of phenolic OH excluding ortho intramolecular Hbond substituents is 1. The van der Waals surface area contributed by atoms with Gasteiger partial charge in [0.1, 0.15) is 4.32 Å². The number of nitrogens with zero attached hydrogens (tertiary/aromatic N) is 1. The van der Waals surface area contributed by atoms with E-state index in [-0.39, 0.29) is 24.6 Å². The van der Waals surface area contributed by atoms with Crippen LogP contribution < -0.4 is 4.74 Å². The lowest BCUT2D eigenvalue weighted by Gasteiger charge is -2.13. The molecule has 1 aliphatic rings. The smallest absolute Gasteiger partial charge is 0.303 e. The van der Waals surface area contributed by atoms with Gasteiger partial charge in [-0.1, -0.05) is 30.0 Å². The zero-order chi connectivity index (χ0) is 17.7. The van der Waals surface area contributed by atoms with Gasteiger partial charge in [0.15, 0.2) is 11.5 Å². The number of thioether (sulfide) groups is 1. The average molecular weight is 367 g/mol. The van der Waals surface area contributed by atoms with Crippen molar-refractivity contribution in [3.05, 3.63) is 28.7 Å². The average Bonchev–Trinajstić information content (AvgIpc) is 2.77. The third kappa shape index (κ3) is 4.48. The normalized spacial score (nSPS) is 16.0. The molecule has 0 spiro atoms. The number of rotatable bonds is 7. The molecule has 1 aliphatic heterocycles. The summed E-state index contributed by atoms with van der Waals surface area (Å²) in [4.78, 5) is 24.8. The first kappa shape index (κ1) is 18.3. The van der Waals surface area contributed by atoms with E-state index in [9.17, 15) is 14.7 Å². The summed E-state index contributed by atoms with van der Waals surface area (Å²) in [6.07, 6.45) is 1.98. The number of phenols is 1. The molecule has 8 heteroatoms. The minimum absolute atomic E-state index is 0.00235. The molecule has 1 heterocycles. The molecule has 2 N–H and O–H groups in total. The molecular formula is C16H17NO5S2. The molecule has 0 aliphatic carbocycles. The van der Waals surface area contributed by atoms with Crippen molar-refractivity contribution < 1.29 is 24.5 Å². The Bertz CT molecular complexity index is 702. The molecule has 0 saturated carbocycles. The largest absolute Gasteiger partial charge is 0.504 e. The molecule has 1 amide bonds. The molecule has 0 aromatic heterocycles. The van der Waals surface area contributed by atoms with Crippen molar-refractivity contribution in [2.45, 2.75) is 19.8 Å². The number of hydrogen-bond donors (Lipinski definition) is 2. The van der Waals surface area contributed by atoms with Gasteiger partial charge in [-0.25, -0.2) is 0 Å². The van der Waals surface area contributed by atoms with E-state index in [4.69, 9.17) is 22.1 Å². The fraction of sp³-hybridized carbons (Fsp3) is 0.312. The van der Waals surface area contributed by atoms with Gasteiger partial charge >= 0.3 is 5.97 Å². The molecule has 128 valence electrons. The van der Waals surface area contributed by atoms with Crippen LogP contribution in [0, 0.1) is 0 Å². The first-order valence-corrected chi connectivity index (χ1v) is 8.57. The summed E-state index contributed by atoms with van der Waals surface area (Å²) in [6, 6.07) is 4.89. The quantitative estimate of drug-likeness (QED) is 0.566. The Morgan fingerprint density at radius 2 is 2.21 bits per heavy atom. The molecule has 1 aromatic rings. The van der Waals surface area contributed by atoms with Crippen LogP contribution in [0.5, 0.6) is 11.5 Å². The Hall–Kier alpha value is -2.06. The van der Waals surface area contributed by atoms with Crippen LogP contribution in [0.3, 0.4) is 0 Å². The molecule has 0 radical (unpaired) electrons. The number of carbonyl (C=O) groups is 2. The number of carboxylic acids is 1. The molecule has 1 fully saturated rings. The van der Waals surface area contributed by atoms with Crippen LogP contribution in [0.15, 0.2) is 23.1 Å². The Balaban J connectivity index is 2.10. The SMILES string of the molecule is CCOc1ccc(C=C2SC(=S)N(CCCC(=O)O)C2=O)cc1O. The van der Waals surface area contributed by atoms with Gasteiger partial charge in [0.05, 0.1) is 11.5 Å². The molecular weight excluding hydrogens is 350 g/mol. The Morgan fingerprint density at radius 1 is 1.46 bits per heavy atom. The van der Waals surface area contributed by atoms with Crippen molar-refractivity contribution in [1.82, 2.24) is 4.90 Å². The number of aliphatic carboxylic acids is 1. The minimum atomic E-state index is -0.902. The minimum Gasteiger partial charge on any atom is -0.504 e. The number of benzene rings is 1. The predicted octanol–water partition coefficient (Wildman–Crippen LogP) is 2.86. The second-order valence-corrected chi connectivity index (χ2v) is 6.67. The van der Waals surface area contributed by atoms with Gasteiger partial charge in [0, 0.05) is 13.0 Å². The van der Waals surface area contributed by atoms with Crippen molar-refractivity contribution >= 4 is 46.3 Å². The van der Waals surface area contributed by atoms with E-state index in [1.54, 1.807) is 18.2 Å². The van der Waals surface area contributed by atoms with E-state index >= 15 is 0 Å². The highest BCUT2D eigenvalue weighted by Gasteiger charge is 2.31. The molecule has 24 heavy (non-hydrogen) atoms. The van der Waals surface area contributed by atoms with Crippen molar-refractivity contribution in [2.75, 3.05) is 13.2 Å². The number of amides is 1. The topological polar surface area (TPSA) is 87.1 Å². The van der Waals surface area contributed by atoms with E-state index in [2.05, 4.69) is 0 Å². The third-order valence-corrected chi connectivity index (χ3v) is 4.60. The van der Waals surface area contributed by atoms with Crippen LogP contribution in [-0.4, -0.2) is 44.5 Å². The van der Waals surface area contributed by atoms with E-state index in [1.165, 1.54) is 11.0 Å². The van der Waals surface area contributed by atoms with Gasteiger partial charge in [0.25, 0.3) is 5.91 Å². The summed E-state index contributed by atoms with van der Waals surface area (Å²) in [5.74, 6) is -0.761. The lowest BCUT2D eigenvalue weighted by molar-refractivity contribution is -0.137. The maximum atomic E-state index is 12.4. The van der Waals surface area contributed by atoms with Crippen LogP contribution in [0.1, 0.15) is 25.3 Å². The fourth-order valence-electron chi connectivity index (χ4n) is 2.13. The highest BCUT2D eigenvalue weighted by Crippen LogP contribution is 2.34. The molecule has 2 rings (SSSR count).